The van der Waals surface area contributed by atoms with Crippen molar-refractivity contribution >= 4 is 40.1 Å². The number of carbonyl (C=O) groups excluding carboxylic acids is 1. The van der Waals surface area contributed by atoms with E-state index in [1.165, 1.54) is 12.3 Å². The van der Waals surface area contributed by atoms with Gasteiger partial charge in [-0.2, -0.15) is 0 Å². The first-order valence-corrected chi connectivity index (χ1v) is 7.31. The molecule has 0 saturated carbocycles. The maximum absolute atomic E-state index is 13.9. The standard InChI is InChI=1S/C17H11ClFNO4/c18-12-5-9(6-16(21)22)13(19)7-14(12)20-17(23)11-8-24-15-4-2-1-3-10(11)15/h1-5,7-8H,6H2,(H,20,23)(H,21,22). The van der Waals surface area contributed by atoms with Crippen molar-refractivity contribution in [1.29, 1.82) is 0 Å². The summed E-state index contributed by atoms with van der Waals surface area (Å²) in [7, 11) is 0. The Labute approximate surface area is 140 Å². The number of benzene rings is 2. The molecule has 0 aliphatic carbocycles. The number of amides is 1. The highest BCUT2D eigenvalue weighted by atomic mass is 35.5. The van der Waals surface area contributed by atoms with Crippen molar-refractivity contribution in [2.24, 2.45) is 0 Å². The van der Waals surface area contributed by atoms with E-state index >= 15 is 0 Å². The number of aliphatic carboxylic acids is 1. The normalized spacial score (nSPS) is 10.8. The molecule has 3 aromatic rings. The summed E-state index contributed by atoms with van der Waals surface area (Å²) in [5, 5.41) is 11.9. The smallest absolute Gasteiger partial charge is 0.307 e. The van der Waals surface area contributed by atoms with Crippen LogP contribution < -0.4 is 5.32 Å². The summed E-state index contributed by atoms with van der Waals surface area (Å²) in [5.74, 6) is -2.44. The Hall–Kier alpha value is -2.86. The third-order valence-corrected chi connectivity index (χ3v) is 3.76. The van der Waals surface area contributed by atoms with E-state index in [9.17, 15) is 14.0 Å². The minimum Gasteiger partial charge on any atom is -0.481 e. The van der Waals surface area contributed by atoms with Crippen LogP contribution >= 0.6 is 11.6 Å². The number of carboxylic acid groups (broad SMARTS) is 1. The molecule has 0 aliphatic rings. The van der Waals surface area contributed by atoms with Crippen molar-refractivity contribution in [1.82, 2.24) is 0 Å². The van der Waals surface area contributed by atoms with Gasteiger partial charge in [0.05, 0.1) is 22.7 Å². The molecule has 1 aromatic heterocycles. The molecule has 0 spiro atoms. The zero-order chi connectivity index (χ0) is 17.3. The van der Waals surface area contributed by atoms with E-state index in [2.05, 4.69) is 5.32 Å². The summed E-state index contributed by atoms with van der Waals surface area (Å²) in [6.45, 7) is 0. The Balaban J connectivity index is 1.89. The second-order valence-electron chi connectivity index (χ2n) is 5.09. The number of fused-ring (bicyclic) bond motifs is 1. The monoisotopic (exact) mass is 347 g/mol. The van der Waals surface area contributed by atoms with Crippen LogP contribution in [0.5, 0.6) is 0 Å². The molecule has 24 heavy (non-hydrogen) atoms. The van der Waals surface area contributed by atoms with Crippen LogP contribution in [0.3, 0.4) is 0 Å². The molecule has 7 heteroatoms. The Morgan fingerprint density at radius 3 is 2.75 bits per heavy atom. The predicted molar refractivity (Wildman–Crippen MR) is 86.9 cm³/mol. The summed E-state index contributed by atoms with van der Waals surface area (Å²) in [6, 6.07) is 9.18. The Morgan fingerprint density at radius 2 is 2.00 bits per heavy atom. The van der Waals surface area contributed by atoms with Crippen molar-refractivity contribution in [2.45, 2.75) is 6.42 Å². The average molecular weight is 348 g/mol. The van der Waals surface area contributed by atoms with Crippen LogP contribution in [0.2, 0.25) is 5.02 Å². The number of rotatable bonds is 4. The lowest BCUT2D eigenvalue weighted by atomic mass is 10.1. The third-order valence-electron chi connectivity index (χ3n) is 3.45. The van der Waals surface area contributed by atoms with Crippen molar-refractivity contribution in [3.8, 4) is 0 Å². The highest BCUT2D eigenvalue weighted by Gasteiger charge is 2.17. The SMILES string of the molecule is O=C(O)Cc1cc(Cl)c(NC(=O)c2coc3ccccc23)cc1F. The van der Waals surface area contributed by atoms with Crippen LogP contribution in [0.25, 0.3) is 11.0 Å². The number of anilines is 1. The van der Waals surface area contributed by atoms with Crippen molar-refractivity contribution < 1.29 is 23.5 Å². The molecule has 0 atom stereocenters. The maximum atomic E-state index is 13.9. The number of para-hydroxylation sites is 1. The first-order chi connectivity index (χ1) is 11.5. The number of halogens is 2. The lowest BCUT2D eigenvalue weighted by Crippen LogP contribution is -2.12. The molecule has 5 nitrogen and oxygen atoms in total. The minimum atomic E-state index is -1.17. The van der Waals surface area contributed by atoms with Gasteiger partial charge in [-0.15, -0.1) is 0 Å². The van der Waals surface area contributed by atoms with Gasteiger partial charge in [-0.3, -0.25) is 9.59 Å². The highest BCUT2D eigenvalue weighted by molar-refractivity contribution is 6.34. The lowest BCUT2D eigenvalue weighted by molar-refractivity contribution is -0.136. The van der Waals surface area contributed by atoms with Gasteiger partial charge < -0.3 is 14.8 Å². The Kier molecular flexibility index (Phi) is 4.22. The van der Waals surface area contributed by atoms with Gasteiger partial charge in [0, 0.05) is 10.9 Å². The zero-order valence-corrected chi connectivity index (χ0v) is 12.9. The molecular weight excluding hydrogens is 337 g/mol. The number of carboxylic acids is 1. The summed E-state index contributed by atoms with van der Waals surface area (Å²) in [5.41, 5.74) is 0.839. The van der Waals surface area contributed by atoms with Gasteiger partial charge in [0.15, 0.2) is 0 Å². The molecule has 2 N–H and O–H groups in total. The van der Waals surface area contributed by atoms with Gasteiger partial charge in [-0.1, -0.05) is 29.8 Å². The molecule has 3 rings (SSSR count). The molecule has 2 aromatic carbocycles. The van der Waals surface area contributed by atoms with Crippen molar-refractivity contribution in [3.63, 3.8) is 0 Å². The van der Waals surface area contributed by atoms with E-state index in [0.29, 0.717) is 11.0 Å². The van der Waals surface area contributed by atoms with Gasteiger partial charge in [0.1, 0.15) is 17.7 Å². The molecule has 0 saturated heterocycles. The first-order valence-electron chi connectivity index (χ1n) is 6.93. The zero-order valence-electron chi connectivity index (χ0n) is 12.2. The van der Waals surface area contributed by atoms with Gasteiger partial charge in [-0.25, -0.2) is 4.39 Å². The summed E-state index contributed by atoms with van der Waals surface area (Å²) in [4.78, 5) is 23.1. The van der Waals surface area contributed by atoms with Crippen LogP contribution in [-0.2, 0) is 11.2 Å². The predicted octanol–water partition coefficient (Wildman–Crippen LogP) is 4.10. The van der Waals surface area contributed by atoms with E-state index in [4.69, 9.17) is 21.1 Å². The van der Waals surface area contributed by atoms with Crippen molar-refractivity contribution in [3.05, 3.63) is 64.6 Å². The van der Waals surface area contributed by atoms with Crippen LogP contribution in [0.4, 0.5) is 10.1 Å². The van der Waals surface area contributed by atoms with Crippen LogP contribution in [0, 0.1) is 5.82 Å². The summed E-state index contributed by atoms with van der Waals surface area (Å²) in [6.07, 6.45) is 0.815. The third kappa shape index (κ3) is 3.09. The molecule has 0 radical (unpaired) electrons. The molecule has 0 unspecified atom stereocenters. The largest absolute Gasteiger partial charge is 0.481 e. The minimum absolute atomic E-state index is 0.0498. The van der Waals surface area contributed by atoms with E-state index in [1.807, 2.05) is 0 Å². The Bertz CT molecular complexity index is 951. The van der Waals surface area contributed by atoms with Gasteiger partial charge >= 0.3 is 5.97 Å². The summed E-state index contributed by atoms with van der Waals surface area (Å²) >= 11 is 6.01. The second-order valence-corrected chi connectivity index (χ2v) is 5.50. The van der Waals surface area contributed by atoms with Crippen molar-refractivity contribution in [2.75, 3.05) is 5.32 Å². The highest BCUT2D eigenvalue weighted by Crippen LogP contribution is 2.28. The number of carbonyl (C=O) groups is 2. The lowest BCUT2D eigenvalue weighted by Gasteiger charge is -2.09. The van der Waals surface area contributed by atoms with E-state index in [0.717, 1.165) is 6.07 Å². The van der Waals surface area contributed by atoms with Crippen LogP contribution in [0.1, 0.15) is 15.9 Å². The number of hydrogen-bond donors (Lipinski definition) is 2. The van der Waals surface area contributed by atoms with E-state index < -0.39 is 24.1 Å². The molecule has 1 amide bonds. The quantitative estimate of drug-likeness (QED) is 0.744. The molecular formula is C17H11ClFNO4. The topological polar surface area (TPSA) is 79.5 Å². The van der Waals surface area contributed by atoms with Crippen LogP contribution in [-0.4, -0.2) is 17.0 Å². The summed E-state index contributed by atoms with van der Waals surface area (Å²) < 4.78 is 19.2. The molecule has 0 fully saturated rings. The molecule has 0 bridgehead atoms. The maximum Gasteiger partial charge on any atom is 0.307 e. The van der Waals surface area contributed by atoms with Crippen LogP contribution in [0.15, 0.2) is 47.1 Å². The fourth-order valence-corrected chi connectivity index (χ4v) is 2.56. The fraction of sp³-hybridized carbons (Fsp3) is 0.0588. The molecule has 122 valence electrons. The first kappa shape index (κ1) is 16.0. The average Bonchev–Trinajstić information content (AvgIpc) is 2.95. The van der Waals surface area contributed by atoms with E-state index in [-0.39, 0.29) is 21.8 Å². The van der Waals surface area contributed by atoms with Gasteiger partial charge in [0.25, 0.3) is 5.91 Å². The number of furan rings is 1. The van der Waals surface area contributed by atoms with Gasteiger partial charge in [-0.05, 0) is 18.2 Å². The molecule has 0 aliphatic heterocycles. The molecule has 1 heterocycles. The fourth-order valence-electron chi connectivity index (χ4n) is 2.33. The van der Waals surface area contributed by atoms with E-state index in [1.54, 1.807) is 24.3 Å². The Morgan fingerprint density at radius 1 is 1.25 bits per heavy atom. The number of hydrogen-bond acceptors (Lipinski definition) is 3. The number of nitrogens with one attached hydrogen (secondary N) is 1. The van der Waals surface area contributed by atoms with Gasteiger partial charge in [0.2, 0.25) is 0 Å². The second kappa shape index (κ2) is 6.33.